The number of carbonyl (C=O) groups is 3. The quantitative estimate of drug-likeness (QED) is 0.391. The predicted molar refractivity (Wildman–Crippen MR) is 159 cm³/mol. The van der Waals surface area contributed by atoms with Gasteiger partial charge in [-0.15, -0.1) is 0 Å². The zero-order valence-corrected chi connectivity index (χ0v) is 24.5. The van der Waals surface area contributed by atoms with Crippen molar-refractivity contribution in [3.8, 4) is 0 Å². The van der Waals surface area contributed by atoms with Gasteiger partial charge in [0.25, 0.3) is 0 Å². The van der Waals surface area contributed by atoms with Gasteiger partial charge in [-0.05, 0) is 56.4 Å². The van der Waals surface area contributed by atoms with Crippen LogP contribution in [0.25, 0.3) is 0 Å². The zero-order chi connectivity index (χ0) is 28.7. The maximum absolute atomic E-state index is 14.3. The highest BCUT2D eigenvalue weighted by Crippen LogP contribution is 2.56. The Labute approximate surface area is 250 Å². The lowest BCUT2D eigenvalue weighted by Gasteiger charge is -2.36. The minimum Gasteiger partial charge on any atom is -0.359 e. The fraction of sp³-hybridized carbons (Fsp3) is 0.469. The highest BCUT2D eigenvalue weighted by molar-refractivity contribution is 6.42. The van der Waals surface area contributed by atoms with Crippen LogP contribution in [-0.2, 0) is 25.5 Å². The third kappa shape index (κ3) is 5.17. The average Bonchev–Trinajstić information content (AvgIpc) is 3.62. The predicted octanol–water partition coefficient (Wildman–Crippen LogP) is 5.55. The summed E-state index contributed by atoms with van der Waals surface area (Å²) in [5.41, 5.74) is 0.458. The molecule has 3 aliphatic heterocycles. The largest absolute Gasteiger partial charge is 0.359 e. The summed E-state index contributed by atoms with van der Waals surface area (Å²) in [6, 6.07) is 14.0. The molecule has 1 aliphatic carbocycles. The first-order chi connectivity index (χ1) is 19.8. The van der Waals surface area contributed by atoms with Crippen molar-refractivity contribution in [2.24, 2.45) is 11.8 Å². The third-order valence-corrected chi connectivity index (χ3v) is 9.91. The molecule has 9 heteroatoms. The number of hydrogen-bond acceptors (Lipinski definition) is 4. The van der Waals surface area contributed by atoms with Gasteiger partial charge in [-0.2, -0.15) is 0 Å². The van der Waals surface area contributed by atoms with Gasteiger partial charge >= 0.3 is 0 Å². The Kier molecular flexibility index (Phi) is 7.88. The second-order valence-corrected chi connectivity index (χ2v) is 12.6. The molecule has 4 unspecified atom stereocenters. The standard InChI is InChI=1S/C32H35Cl2N3O4/c1-19(12-13-20-8-4-2-5-9-20)37-28(30(39)35-21-10-6-3-7-11-21)32-17-16-25(41-32)26(27(32)31(37)40)29(38)36-22-14-15-23(33)24(34)18-22/h2,4-5,8-9,14-19,21,25-28H,3,6-7,10-13H2,1H3,(H,35,39)(H,36,38)/t19?,25-,26?,27-,28?,32?/m0/s1. The van der Waals surface area contributed by atoms with Crippen LogP contribution in [0.3, 0.4) is 0 Å². The number of ether oxygens (including phenoxy) is 1. The monoisotopic (exact) mass is 595 g/mol. The lowest BCUT2D eigenvalue weighted by molar-refractivity contribution is -0.143. The van der Waals surface area contributed by atoms with Crippen LogP contribution in [0.15, 0.2) is 60.7 Å². The number of nitrogens with one attached hydrogen (secondary N) is 2. The summed E-state index contributed by atoms with van der Waals surface area (Å²) < 4.78 is 6.49. The van der Waals surface area contributed by atoms with Gasteiger partial charge in [0.2, 0.25) is 17.7 Å². The fourth-order valence-electron chi connectivity index (χ4n) is 7.17. The summed E-state index contributed by atoms with van der Waals surface area (Å²) in [6.45, 7) is 1.99. The Morgan fingerprint density at radius 3 is 2.54 bits per heavy atom. The van der Waals surface area contributed by atoms with Crippen molar-refractivity contribution >= 4 is 46.6 Å². The molecule has 6 rings (SSSR count). The Morgan fingerprint density at radius 2 is 1.80 bits per heavy atom. The summed E-state index contributed by atoms with van der Waals surface area (Å²) in [5, 5.41) is 6.85. The van der Waals surface area contributed by atoms with Gasteiger partial charge in [0.15, 0.2) is 0 Å². The fourth-order valence-corrected chi connectivity index (χ4v) is 7.46. The van der Waals surface area contributed by atoms with E-state index in [0.717, 1.165) is 32.1 Å². The van der Waals surface area contributed by atoms with Crippen molar-refractivity contribution in [1.82, 2.24) is 10.2 Å². The summed E-state index contributed by atoms with van der Waals surface area (Å²) >= 11 is 12.2. The number of fused-ring (bicyclic) bond motifs is 1. The lowest BCUT2D eigenvalue weighted by Crippen LogP contribution is -2.58. The van der Waals surface area contributed by atoms with Gasteiger partial charge in [-0.3, -0.25) is 14.4 Å². The Balaban J connectivity index is 1.29. The van der Waals surface area contributed by atoms with Gasteiger partial charge in [-0.1, -0.05) is 84.9 Å². The summed E-state index contributed by atoms with van der Waals surface area (Å²) in [4.78, 5) is 43.8. The smallest absolute Gasteiger partial charge is 0.246 e. The molecule has 3 fully saturated rings. The maximum atomic E-state index is 14.3. The molecule has 4 aliphatic rings. The van der Waals surface area contributed by atoms with E-state index in [1.165, 1.54) is 12.0 Å². The summed E-state index contributed by atoms with van der Waals surface area (Å²) in [6.07, 6.45) is 9.73. The number of amides is 3. The van der Waals surface area contributed by atoms with Crippen molar-refractivity contribution in [2.75, 3.05) is 5.32 Å². The van der Waals surface area contributed by atoms with E-state index in [4.69, 9.17) is 27.9 Å². The number of nitrogens with zero attached hydrogens (tertiary/aromatic N) is 1. The Morgan fingerprint density at radius 1 is 1.05 bits per heavy atom. The van der Waals surface area contributed by atoms with Crippen LogP contribution in [-0.4, -0.2) is 52.5 Å². The van der Waals surface area contributed by atoms with Gasteiger partial charge in [-0.25, -0.2) is 0 Å². The Bertz CT molecular complexity index is 1360. The number of anilines is 1. The van der Waals surface area contributed by atoms with Gasteiger partial charge < -0.3 is 20.3 Å². The molecule has 2 aromatic carbocycles. The van der Waals surface area contributed by atoms with E-state index in [0.29, 0.717) is 22.2 Å². The van der Waals surface area contributed by atoms with E-state index in [1.54, 1.807) is 23.1 Å². The SMILES string of the molecule is CC(CCc1ccccc1)N1C(=O)[C@@H]2C(C(=O)Nc3ccc(Cl)c(Cl)c3)[C@@H]3C=CC2(O3)C1C(=O)NC1CCCCC1. The number of carbonyl (C=O) groups excluding carboxylic acids is 3. The molecule has 3 heterocycles. The average molecular weight is 597 g/mol. The molecule has 216 valence electrons. The minimum atomic E-state index is -1.19. The highest BCUT2D eigenvalue weighted by atomic mass is 35.5. The molecule has 7 nitrogen and oxygen atoms in total. The van der Waals surface area contributed by atoms with Gasteiger partial charge in [0.05, 0.1) is 28.0 Å². The topological polar surface area (TPSA) is 87.7 Å². The Hall–Kier alpha value is -2.87. The van der Waals surface area contributed by atoms with E-state index in [1.807, 2.05) is 37.3 Å². The zero-order valence-electron chi connectivity index (χ0n) is 23.0. The summed E-state index contributed by atoms with van der Waals surface area (Å²) in [5.74, 6) is -2.34. The molecule has 2 aromatic rings. The normalized spacial score (nSPS) is 29.4. The molecule has 41 heavy (non-hydrogen) atoms. The molecule has 1 spiro atoms. The second-order valence-electron chi connectivity index (χ2n) is 11.8. The molecular formula is C32H35Cl2N3O4. The van der Waals surface area contributed by atoms with Crippen LogP contribution in [0.5, 0.6) is 0 Å². The number of halogens is 2. The third-order valence-electron chi connectivity index (χ3n) is 9.17. The minimum absolute atomic E-state index is 0.0830. The summed E-state index contributed by atoms with van der Waals surface area (Å²) in [7, 11) is 0. The van der Waals surface area contributed by atoms with Crippen LogP contribution in [0.2, 0.25) is 10.0 Å². The number of aryl methyl sites for hydroxylation is 1. The van der Waals surface area contributed by atoms with Gasteiger partial charge in [0.1, 0.15) is 11.6 Å². The second kappa shape index (κ2) is 11.4. The number of rotatable bonds is 8. The van der Waals surface area contributed by atoms with Gasteiger partial charge in [0, 0.05) is 17.8 Å². The molecule has 2 saturated heterocycles. The highest BCUT2D eigenvalue weighted by Gasteiger charge is 2.73. The molecule has 0 aromatic heterocycles. The van der Waals surface area contributed by atoms with E-state index >= 15 is 0 Å². The molecular weight excluding hydrogens is 561 g/mol. The first-order valence-electron chi connectivity index (χ1n) is 14.6. The lowest BCUT2D eigenvalue weighted by atomic mass is 9.74. The van der Waals surface area contributed by atoms with Crippen LogP contribution in [0.1, 0.15) is 51.0 Å². The van der Waals surface area contributed by atoms with E-state index < -0.39 is 29.6 Å². The van der Waals surface area contributed by atoms with E-state index in [-0.39, 0.29) is 29.8 Å². The van der Waals surface area contributed by atoms with Crippen LogP contribution in [0.4, 0.5) is 5.69 Å². The molecule has 0 radical (unpaired) electrons. The van der Waals surface area contributed by atoms with Crippen LogP contribution < -0.4 is 10.6 Å². The van der Waals surface area contributed by atoms with E-state index in [2.05, 4.69) is 22.8 Å². The molecule has 6 atom stereocenters. The maximum Gasteiger partial charge on any atom is 0.246 e. The molecule has 3 amide bonds. The van der Waals surface area contributed by atoms with Crippen LogP contribution >= 0.6 is 23.2 Å². The van der Waals surface area contributed by atoms with Crippen molar-refractivity contribution < 1.29 is 19.1 Å². The molecule has 2 N–H and O–H groups in total. The first kappa shape index (κ1) is 28.3. The molecule has 1 saturated carbocycles. The van der Waals surface area contributed by atoms with Crippen molar-refractivity contribution in [3.05, 3.63) is 76.3 Å². The number of benzene rings is 2. The first-order valence-corrected chi connectivity index (χ1v) is 15.3. The van der Waals surface area contributed by atoms with Crippen LogP contribution in [0, 0.1) is 11.8 Å². The van der Waals surface area contributed by atoms with Crippen molar-refractivity contribution in [1.29, 1.82) is 0 Å². The number of hydrogen-bond donors (Lipinski definition) is 2. The molecule has 2 bridgehead atoms. The van der Waals surface area contributed by atoms with Crippen molar-refractivity contribution in [3.63, 3.8) is 0 Å². The van der Waals surface area contributed by atoms with E-state index in [9.17, 15) is 14.4 Å². The van der Waals surface area contributed by atoms with Crippen molar-refractivity contribution in [2.45, 2.75) is 81.7 Å². The number of likely N-dealkylation sites (tertiary alicyclic amines) is 1.